The van der Waals surface area contributed by atoms with E-state index >= 15 is 0 Å². The standard InChI is InChI=1S/C20H34N4O/c1-4-21-20(22-11-10-17(2)3)23-16-19(18-8-6-5-7-9-18)24-12-14-25-15-13-24/h5-9,17,19H,4,10-16H2,1-3H3,(H2,21,22,23). The van der Waals surface area contributed by atoms with Crippen LogP contribution in [0.2, 0.25) is 0 Å². The number of hydrogen-bond donors (Lipinski definition) is 2. The van der Waals surface area contributed by atoms with Crippen molar-refractivity contribution in [1.29, 1.82) is 0 Å². The Bertz CT molecular complexity index is 498. The number of guanidine groups is 1. The van der Waals surface area contributed by atoms with Crippen LogP contribution in [0.25, 0.3) is 0 Å². The summed E-state index contributed by atoms with van der Waals surface area (Å²) in [4.78, 5) is 7.36. The largest absolute Gasteiger partial charge is 0.379 e. The van der Waals surface area contributed by atoms with Crippen molar-refractivity contribution in [2.75, 3.05) is 45.9 Å². The highest BCUT2D eigenvalue weighted by Crippen LogP contribution is 2.22. The maximum atomic E-state index is 5.52. The average Bonchev–Trinajstić information content (AvgIpc) is 2.63. The van der Waals surface area contributed by atoms with Crippen molar-refractivity contribution in [3.05, 3.63) is 35.9 Å². The van der Waals surface area contributed by atoms with Crippen LogP contribution in [0.3, 0.4) is 0 Å². The fraction of sp³-hybridized carbons (Fsp3) is 0.650. The highest BCUT2D eigenvalue weighted by Gasteiger charge is 2.22. The van der Waals surface area contributed by atoms with Gasteiger partial charge in [-0.2, -0.15) is 0 Å². The molecule has 1 heterocycles. The Morgan fingerprint density at radius 1 is 1.16 bits per heavy atom. The average molecular weight is 347 g/mol. The quantitative estimate of drug-likeness (QED) is 0.561. The molecule has 1 fully saturated rings. The maximum Gasteiger partial charge on any atom is 0.191 e. The van der Waals surface area contributed by atoms with Gasteiger partial charge in [-0.3, -0.25) is 9.89 Å². The molecule has 0 spiro atoms. The minimum Gasteiger partial charge on any atom is -0.379 e. The van der Waals surface area contributed by atoms with Crippen LogP contribution in [0.5, 0.6) is 0 Å². The highest BCUT2D eigenvalue weighted by molar-refractivity contribution is 5.79. The van der Waals surface area contributed by atoms with E-state index in [4.69, 9.17) is 9.73 Å². The van der Waals surface area contributed by atoms with Gasteiger partial charge >= 0.3 is 0 Å². The van der Waals surface area contributed by atoms with Crippen molar-refractivity contribution in [3.63, 3.8) is 0 Å². The summed E-state index contributed by atoms with van der Waals surface area (Å²) >= 11 is 0. The highest BCUT2D eigenvalue weighted by atomic mass is 16.5. The summed E-state index contributed by atoms with van der Waals surface area (Å²) in [5, 5.41) is 6.82. The Kier molecular flexibility index (Phi) is 8.77. The van der Waals surface area contributed by atoms with E-state index in [1.165, 1.54) is 5.56 Å². The summed E-state index contributed by atoms with van der Waals surface area (Å²) in [6, 6.07) is 11.0. The van der Waals surface area contributed by atoms with Crippen LogP contribution in [0.15, 0.2) is 35.3 Å². The van der Waals surface area contributed by atoms with Crippen LogP contribution in [0.1, 0.15) is 38.8 Å². The second kappa shape index (κ2) is 11.1. The van der Waals surface area contributed by atoms with E-state index in [0.717, 1.165) is 58.3 Å². The van der Waals surface area contributed by atoms with E-state index in [-0.39, 0.29) is 0 Å². The molecule has 1 aromatic carbocycles. The maximum absolute atomic E-state index is 5.52. The topological polar surface area (TPSA) is 48.9 Å². The summed E-state index contributed by atoms with van der Waals surface area (Å²) in [5.41, 5.74) is 1.33. The third kappa shape index (κ3) is 7.04. The van der Waals surface area contributed by atoms with E-state index in [1.54, 1.807) is 0 Å². The van der Waals surface area contributed by atoms with E-state index in [2.05, 4.69) is 66.6 Å². The van der Waals surface area contributed by atoms with Crippen LogP contribution < -0.4 is 10.6 Å². The molecule has 25 heavy (non-hydrogen) atoms. The monoisotopic (exact) mass is 346 g/mol. The van der Waals surface area contributed by atoms with Gasteiger partial charge in [0.15, 0.2) is 5.96 Å². The van der Waals surface area contributed by atoms with Crippen molar-refractivity contribution in [2.24, 2.45) is 10.9 Å². The fourth-order valence-electron chi connectivity index (χ4n) is 2.99. The molecule has 1 aliphatic rings. The Morgan fingerprint density at radius 2 is 1.88 bits per heavy atom. The second-order valence-electron chi connectivity index (χ2n) is 6.90. The molecule has 1 aliphatic heterocycles. The number of hydrogen-bond acceptors (Lipinski definition) is 3. The summed E-state index contributed by atoms with van der Waals surface area (Å²) in [6.07, 6.45) is 1.15. The van der Waals surface area contributed by atoms with Gasteiger partial charge in [0.25, 0.3) is 0 Å². The molecule has 1 unspecified atom stereocenters. The van der Waals surface area contributed by atoms with Crippen molar-refractivity contribution in [2.45, 2.75) is 33.2 Å². The predicted molar refractivity (Wildman–Crippen MR) is 105 cm³/mol. The van der Waals surface area contributed by atoms with Gasteiger partial charge < -0.3 is 15.4 Å². The smallest absolute Gasteiger partial charge is 0.191 e. The van der Waals surface area contributed by atoms with E-state index in [0.29, 0.717) is 12.0 Å². The van der Waals surface area contributed by atoms with E-state index in [1.807, 2.05) is 0 Å². The van der Waals surface area contributed by atoms with Gasteiger partial charge in [0.1, 0.15) is 0 Å². The number of morpholine rings is 1. The Morgan fingerprint density at radius 3 is 2.52 bits per heavy atom. The van der Waals surface area contributed by atoms with Crippen LogP contribution in [0.4, 0.5) is 0 Å². The van der Waals surface area contributed by atoms with Crippen LogP contribution in [0, 0.1) is 5.92 Å². The fourth-order valence-corrected chi connectivity index (χ4v) is 2.99. The third-order valence-corrected chi connectivity index (χ3v) is 4.45. The third-order valence-electron chi connectivity index (χ3n) is 4.45. The molecule has 1 atom stereocenters. The number of aliphatic imine (C=N–C) groups is 1. The molecule has 2 N–H and O–H groups in total. The molecule has 5 nitrogen and oxygen atoms in total. The summed E-state index contributed by atoms with van der Waals surface area (Å²) in [5.74, 6) is 1.61. The van der Waals surface area contributed by atoms with Crippen molar-refractivity contribution >= 4 is 5.96 Å². The molecule has 0 bridgehead atoms. The molecule has 0 saturated carbocycles. The zero-order valence-corrected chi connectivity index (χ0v) is 16.0. The predicted octanol–water partition coefficient (Wildman–Crippen LogP) is 2.66. The number of benzene rings is 1. The number of rotatable bonds is 8. The van der Waals surface area contributed by atoms with Gasteiger partial charge in [-0.25, -0.2) is 0 Å². The zero-order chi connectivity index (χ0) is 17.9. The number of nitrogens with zero attached hydrogens (tertiary/aromatic N) is 2. The first kappa shape index (κ1) is 19.7. The molecule has 1 aromatic rings. The lowest BCUT2D eigenvalue weighted by molar-refractivity contribution is 0.0179. The molecule has 0 aromatic heterocycles. The molecule has 0 radical (unpaired) electrons. The number of ether oxygens (including phenoxy) is 1. The molecule has 2 rings (SSSR count). The molecule has 5 heteroatoms. The van der Waals surface area contributed by atoms with E-state index in [9.17, 15) is 0 Å². The van der Waals surface area contributed by atoms with E-state index < -0.39 is 0 Å². The molecular weight excluding hydrogens is 312 g/mol. The minimum absolute atomic E-state index is 0.297. The first-order chi connectivity index (χ1) is 12.2. The van der Waals surface area contributed by atoms with Gasteiger partial charge in [0.2, 0.25) is 0 Å². The van der Waals surface area contributed by atoms with Gasteiger partial charge in [0, 0.05) is 26.2 Å². The molecular formula is C20H34N4O. The minimum atomic E-state index is 0.297. The molecule has 1 saturated heterocycles. The summed E-state index contributed by atoms with van der Waals surface area (Å²) < 4.78 is 5.52. The Hall–Kier alpha value is -1.59. The SMILES string of the molecule is CCNC(=NCC(c1ccccc1)N1CCOCC1)NCCC(C)C. The lowest BCUT2D eigenvalue weighted by Gasteiger charge is -2.34. The zero-order valence-electron chi connectivity index (χ0n) is 16.0. The second-order valence-corrected chi connectivity index (χ2v) is 6.90. The lowest BCUT2D eigenvalue weighted by Crippen LogP contribution is -2.42. The molecule has 0 amide bonds. The van der Waals surface area contributed by atoms with Crippen molar-refractivity contribution in [1.82, 2.24) is 15.5 Å². The van der Waals surface area contributed by atoms with Crippen LogP contribution >= 0.6 is 0 Å². The van der Waals surface area contributed by atoms with Crippen molar-refractivity contribution < 1.29 is 4.74 Å². The van der Waals surface area contributed by atoms with Crippen molar-refractivity contribution in [3.8, 4) is 0 Å². The van der Waals surface area contributed by atoms with Gasteiger partial charge in [0.05, 0.1) is 25.8 Å². The van der Waals surface area contributed by atoms with Gasteiger partial charge in [-0.1, -0.05) is 44.2 Å². The Labute approximate surface area is 152 Å². The first-order valence-corrected chi connectivity index (χ1v) is 9.59. The van der Waals surface area contributed by atoms with Crippen LogP contribution in [-0.2, 0) is 4.74 Å². The summed E-state index contributed by atoms with van der Waals surface area (Å²) in [6.45, 7) is 12.7. The molecule has 0 aliphatic carbocycles. The van der Waals surface area contributed by atoms with Gasteiger partial charge in [-0.15, -0.1) is 0 Å². The Balaban J connectivity index is 2.04. The number of nitrogens with one attached hydrogen (secondary N) is 2. The summed E-state index contributed by atoms with van der Waals surface area (Å²) in [7, 11) is 0. The first-order valence-electron chi connectivity index (χ1n) is 9.59. The van der Waals surface area contributed by atoms with Crippen LogP contribution in [-0.4, -0.2) is 56.8 Å². The molecule has 140 valence electrons. The van der Waals surface area contributed by atoms with Gasteiger partial charge in [-0.05, 0) is 24.8 Å². The normalized spacial score (nSPS) is 17.5. The lowest BCUT2D eigenvalue weighted by atomic mass is 10.1.